The topological polar surface area (TPSA) is 66.4 Å². The Kier molecular flexibility index (Phi) is 5.12. The third kappa shape index (κ3) is 3.69. The summed E-state index contributed by atoms with van der Waals surface area (Å²) < 4.78 is 0. The molecule has 1 unspecified atom stereocenters. The zero-order valence-corrected chi connectivity index (χ0v) is 13.1. The maximum atomic E-state index is 12.4. The number of amides is 1. The van der Waals surface area contributed by atoms with Gasteiger partial charge in [0.2, 0.25) is 5.91 Å². The lowest BCUT2D eigenvalue weighted by atomic mass is 9.95. The Morgan fingerprint density at radius 1 is 1.29 bits per heavy atom. The first kappa shape index (κ1) is 16.1. The van der Waals surface area contributed by atoms with E-state index in [2.05, 4.69) is 5.32 Å². The molecule has 21 heavy (non-hydrogen) atoms. The van der Waals surface area contributed by atoms with E-state index in [1.54, 1.807) is 12.1 Å². The number of carboxylic acids is 1. The molecule has 0 aliphatic heterocycles. The van der Waals surface area contributed by atoms with Crippen LogP contribution in [0.2, 0.25) is 10.0 Å². The van der Waals surface area contributed by atoms with E-state index in [1.807, 2.05) is 6.92 Å². The standard InChI is InChI=1S/C15H17Cl2NO3/c1-2-8-5-10(11(6-8)15(20)21)14(19)18-13-4-3-9(16)7-12(13)17/h3-4,7-8,10-11H,2,5-6H2,1H3,(H,18,19)(H,20,21)/t8?,10-,11+/m0/s1. The lowest BCUT2D eigenvalue weighted by Gasteiger charge is -2.16. The summed E-state index contributed by atoms with van der Waals surface area (Å²) in [6.45, 7) is 2.01. The predicted octanol–water partition coefficient (Wildman–Crippen LogP) is 4.07. The summed E-state index contributed by atoms with van der Waals surface area (Å²) in [5.74, 6) is -2.06. The van der Waals surface area contributed by atoms with E-state index in [0.29, 0.717) is 28.6 Å². The van der Waals surface area contributed by atoms with Crippen LogP contribution in [0.4, 0.5) is 5.69 Å². The highest BCUT2D eigenvalue weighted by atomic mass is 35.5. The van der Waals surface area contributed by atoms with E-state index < -0.39 is 17.8 Å². The highest BCUT2D eigenvalue weighted by molar-refractivity contribution is 6.36. The summed E-state index contributed by atoms with van der Waals surface area (Å²) in [7, 11) is 0. The molecule has 1 aliphatic rings. The summed E-state index contributed by atoms with van der Waals surface area (Å²) in [5, 5.41) is 12.8. The van der Waals surface area contributed by atoms with Crippen molar-refractivity contribution in [3.05, 3.63) is 28.2 Å². The van der Waals surface area contributed by atoms with Gasteiger partial charge in [-0.25, -0.2) is 0 Å². The first-order valence-corrected chi connectivity index (χ1v) is 7.66. The number of carboxylic acid groups (broad SMARTS) is 1. The molecule has 1 aromatic carbocycles. The van der Waals surface area contributed by atoms with Crippen LogP contribution in [0.25, 0.3) is 0 Å². The maximum Gasteiger partial charge on any atom is 0.307 e. The Morgan fingerprint density at radius 3 is 2.52 bits per heavy atom. The van der Waals surface area contributed by atoms with Crippen LogP contribution in [0.15, 0.2) is 18.2 Å². The van der Waals surface area contributed by atoms with Gasteiger partial charge in [0.25, 0.3) is 0 Å². The van der Waals surface area contributed by atoms with Gasteiger partial charge in [-0.1, -0.05) is 36.5 Å². The Balaban J connectivity index is 2.13. The molecule has 1 amide bonds. The van der Waals surface area contributed by atoms with Gasteiger partial charge in [0.05, 0.1) is 22.5 Å². The van der Waals surface area contributed by atoms with Crippen molar-refractivity contribution < 1.29 is 14.7 Å². The number of anilines is 1. The van der Waals surface area contributed by atoms with Gasteiger partial charge in [-0.3, -0.25) is 9.59 Å². The van der Waals surface area contributed by atoms with Crippen molar-refractivity contribution in [3.63, 3.8) is 0 Å². The summed E-state index contributed by atoms with van der Waals surface area (Å²) in [6, 6.07) is 4.78. The van der Waals surface area contributed by atoms with Crippen molar-refractivity contribution in [2.24, 2.45) is 17.8 Å². The number of carbonyl (C=O) groups is 2. The second kappa shape index (κ2) is 6.67. The minimum Gasteiger partial charge on any atom is -0.481 e. The van der Waals surface area contributed by atoms with Crippen molar-refractivity contribution >= 4 is 40.8 Å². The SMILES string of the molecule is CCC1C[C@H](C(=O)Nc2ccc(Cl)cc2Cl)[C@H](C(=O)O)C1. The normalized spacial score (nSPS) is 24.8. The minimum absolute atomic E-state index is 0.280. The summed E-state index contributed by atoms with van der Waals surface area (Å²) in [5.41, 5.74) is 0.454. The van der Waals surface area contributed by atoms with Crippen LogP contribution in [0.3, 0.4) is 0 Å². The number of rotatable bonds is 4. The zero-order chi connectivity index (χ0) is 15.6. The van der Waals surface area contributed by atoms with Crippen LogP contribution < -0.4 is 5.32 Å². The third-order valence-corrected chi connectivity index (χ3v) is 4.63. The third-order valence-electron chi connectivity index (χ3n) is 4.08. The van der Waals surface area contributed by atoms with Crippen LogP contribution in [0.1, 0.15) is 26.2 Å². The molecule has 0 heterocycles. The molecule has 4 nitrogen and oxygen atoms in total. The predicted molar refractivity (Wildman–Crippen MR) is 82.7 cm³/mol. The van der Waals surface area contributed by atoms with Gasteiger partial charge in [-0.05, 0) is 37.0 Å². The molecule has 0 aromatic heterocycles. The summed E-state index contributed by atoms with van der Waals surface area (Å²) in [4.78, 5) is 23.7. The Morgan fingerprint density at radius 2 is 1.95 bits per heavy atom. The molecular weight excluding hydrogens is 313 g/mol. The lowest BCUT2D eigenvalue weighted by Crippen LogP contribution is -2.30. The number of hydrogen-bond donors (Lipinski definition) is 2. The maximum absolute atomic E-state index is 12.4. The molecule has 3 atom stereocenters. The average molecular weight is 330 g/mol. The summed E-state index contributed by atoms with van der Waals surface area (Å²) >= 11 is 11.8. The highest BCUT2D eigenvalue weighted by Gasteiger charge is 2.42. The van der Waals surface area contributed by atoms with E-state index in [0.717, 1.165) is 6.42 Å². The number of aliphatic carboxylic acids is 1. The monoisotopic (exact) mass is 329 g/mol. The van der Waals surface area contributed by atoms with Gasteiger partial charge in [0.1, 0.15) is 0 Å². The van der Waals surface area contributed by atoms with Crippen LogP contribution in [0, 0.1) is 17.8 Å². The Hall–Kier alpha value is -1.26. The number of halogens is 2. The molecule has 1 saturated carbocycles. The van der Waals surface area contributed by atoms with E-state index >= 15 is 0 Å². The first-order valence-electron chi connectivity index (χ1n) is 6.91. The van der Waals surface area contributed by atoms with E-state index in [4.69, 9.17) is 23.2 Å². The largest absolute Gasteiger partial charge is 0.481 e. The zero-order valence-electron chi connectivity index (χ0n) is 11.6. The Bertz CT molecular complexity index is 562. The van der Waals surface area contributed by atoms with Gasteiger partial charge in [-0.15, -0.1) is 0 Å². The van der Waals surface area contributed by atoms with Gasteiger partial charge in [-0.2, -0.15) is 0 Å². The van der Waals surface area contributed by atoms with Crippen molar-refractivity contribution in [2.45, 2.75) is 26.2 Å². The van der Waals surface area contributed by atoms with Crippen molar-refractivity contribution in [1.29, 1.82) is 0 Å². The molecule has 114 valence electrons. The number of carbonyl (C=O) groups excluding carboxylic acids is 1. The van der Waals surface area contributed by atoms with Crippen LogP contribution >= 0.6 is 23.2 Å². The van der Waals surface area contributed by atoms with Gasteiger partial charge < -0.3 is 10.4 Å². The van der Waals surface area contributed by atoms with Crippen molar-refractivity contribution in [3.8, 4) is 0 Å². The van der Waals surface area contributed by atoms with Crippen LogP contribution in [-0.4, -0.2) is 17.0 Å². The molecule has 2 N–H and O–H groups in total. The van der Waals surface area contributed by atoms with E-state index in [-0.39, 0.29) is 11.8 Å². The fraction of sp³-hybridized carbons (Fsp3) is 0.467. The van der Waals surface area contributed by atoms with Gasteiger partial charge >= 0.3 is 5.97 Å². The molecule has 1 aromatic rings. The van der Waals surface area contributed by atoms with Crippen LogP contribution in [0.5, 0.6) is 0 Å². The number of benzene rings is 1. The van der Waals surface area contributed by atoms with Gasteiger partial charge in [0.15, 0.2) is 0 Å². The number of hydrogen-bond acceptors (Lipinski definition) is 2. The fourth-order valence-electron chi connectivity index (χ4n) is 2.86. The molecule has 2 rings (SSSR count). The van der Waals surface area contributed by atoms with E-state index in [9.17, 15) is 14.7 Å². The molecule has 0 spiro atoms. The molecule has 0 bridgehead atoms. The van der Waals surface area contributed by atoms with Crippen molar-refractivity contribution in [1.82, 2.24) is 0 Å². The molecule has 1 aliphatic carbocycles. The molecular formula is C15H17Cl2NO3. The molecule has 0 saturated heterocycles. The average Bonchev–Trinajstić information content (AvgIpc) is 2.86. The second-order valence-electron chi connectivity index (χ2n) is 5.41. The van der Waals surface area contributed by atoms with Crippen LogP contribution in [-0.2, 0) is 9.59 Å². The first-order chi connectivity index (χ1) is 9.92. The highest BCUT2D eigenvalue weighted by Crippen LogP contribution is 2.39. The smallest absolute Gasteiger partial charge is 0.307 e. The molecule has 0 radical (unpaired) electrons. The van der Waals surface area contributed by atoms with Gasteiger partial charge in [0, 0.05) is 5.02 Å². The van der Waals surface area contributed by atoms with E-state index in [1.165, 1.54) is 6.07 Å². The lowest BCUT2D eigenvalue weighted by molar-refractivity contribution is -0.145. The summed E-state index contributed by atoms with van der Waals surface area (Å²) in [6.07, 6.45) is 2.04. The van der Waals surface area contributed by atoms with Crippen molar-refractivity contribution in [2.75, 3.05) is 5.32 Å². The Labute approximate surface area is 133 Å². The molecule has 6 heteroatoms. The fourth-order valence-corrected chi connectivity index (χ4v) is 3.31. The minimum atomic E-state index is -0.909. The quantitative estimate of drug-likeness (QED) is 0.874. The second-order valence-corrected chi connectivity index (χ2v) is 6.25. The number of nitrogens with one attached hydrogen (secondary N) is 1. The molecule has 1 fully saturated rings.